The fraction of sp³-hybridized carbons (Fsp3) is 0.417. The van der Waals surface area contributed by atoms with E-state index in [4.69, 9.17) is 27.3 Å². The average molecular weight is 237 g/mol. The van der Waals surface area contributed by atoms with Crippen molar-refractivity contribution in [3.63, 3.8) is 0 Å². The summed E-state index contributed by atoms with van der Waals surface area (Å²) in [6.45, 7) is 2.36. The molecule has 2 N–H and O–H groups in total. The third kappa shape index (κ3) is 2.29. The summed E-state index contributed by atoms with van der Waals surface area (Å²) in [5.41, 5.74) is 7.18. The number of hydrogen-bond acceptors (Lipinski definition) is 3. The van der Waals surface area contributed by atoms with Crippen LogP contribution < -0.4 is 10.5 Å². The molecule has 0 heterocycles. The van der Waals surface area contributed by atoms with Gasteiger partial charge in [-0.15, -0.1) is 0 Å². The molecule has 1 aliphatic carbocycles. The van der Waals surface area contributed by atoms with Crippen molar-refractivity contribution in [2.24, 2.45) is 5.73 Å². The molecule has 16 heavy (non-hydrogen) atoms. The number of halogens is 1. The maximum absolute atomic E-state index is 8.78. The Labute approximate surface area is 99.8 Å². The predicted molar refractivity (Wildman–Crippen MR) is 62.6 cm³/mol. The Kier molecular flexibility index (Phi) is 2.79. The lowest BCUT2D eigenvalue weighted by atomic mass is 10.1. The van der Waals surface area contributed by atoms with E-state index in [0.717, 1.165) is 18.4 Å². The SMILES string of the molecule is Cc1cc(C#N)cc(Cl)c1OCC1(N)CC1. The molecular formula is C12H13ClN2O. The lowest BCUT2D eigenvalue weighted by Gasteiger charge is -2.14. The molecule has 0 bridgehead atoms. The summed E-state index contributed by atoms with van der Waals surface area (Å²) in [6, 6.07) is 5.43. The average Bonchev–Trinajstić information content (AvgIpc) is 2.95. The number of nitrogens with two attached hydrogens (primary N) is 1. The molecule has 3 nitrogen and oxygen atoms in total. The molecule has 0 spiro atoms. The minimum Gasteiger partial charge on any atom is -0.490 e. The molecule has 1 aromatic rings. The van der Waals surface area contributed by atoms with Crippen LogP contribution in [0.5, 0.6) is 5.75 Å². The van der Waals surface area contributed by atoms with E-state index in [1.165, 1.54) is 0 Å². The van der Waals surface area contributed by atoms with Gasteiger partial charge in [0.25, 0.3) is 0 Å². The lowest BCUT2D eigenvalue weighted by Crippen LogP contribution is -2.30. The second kappa shape index (κ2) is 3.97. The third-order valence-electron chi connectivity index (χ3n) is 2.75. The van der Waals surface area contributed by atoms with Gasteiger partial charge in [0.15, 0.2) is 0 Å². The molecule has 4 heteroatoms. The van der Waals surface area contributed by atoms with Crippen LogP contribution in [0.25, 0.3) is 0 Å². The van der Waals surface area contributed by atoms with Crippen molar-refractivity contribution in [3.05, 3.63) is 28.3 Å². The van der Waals surface area contributed by atoms with E-state index in [1.54, 1.807) is 12.1 Å². The predicted octanol–water partition coefficient (Wildman–Crippen LogP) is 2.39. The zero-order chi connectivity index (χ0) is 11.8. The van der Waals surface area contributed by atoms with E-state index in [1.807, 2.05) is 6.92 Å². The molecule has 0 amide bonds. The molecule has 1 saturated carbocycles. The summed E-state index contributed by atoms with van der Waals surface area (Å²) in [4.78, 5) is 0. The van der Waals surface area contributed by atoms with E-state index in [9.17, 15) is 0 Å². The first kappa shape index (κ1) is 11.3. The highest BCUT2D eigenvalue weighted by atomic mass is 35.5. The van der Waals surface area contributed by atoms with Crippen LogP contribution in [-0.4, -0.2) is 12.1 Å². The van der Waals surface area contributed by atoms with E-state index in [-0.39, 0.29) is 5.54 Å². The number of aryl methyl sites for hydroxylation is 1. The van der Waals surface area contributed by atoms with Crippen LogP contribution in [-0.2, 0) is 0 Å². The molecule has 1 fully saturated rings. The quantitative estimate of drug-likeness (QED) is 0.877. The molecular weight excluding hydrogens is 224 g/mol. The Balaban J connectivity index is 2.17. The summed E-state index contributed by atoms with van der Waals surface area (Å²) in [5, 5.41) is 9.25. The summed E-state index contributed by atoms with van der Waals surface area (Å²) < 4.78 is 5.63. The van der Waals surface area contributed by atoms with Crippen molar-refractivity contribution in [1.29, 1.82) is 5.26 Å². The van der Waals surface area contributed by atoms with Crippen molar-refractivity contribution in [3.8, 4) is 11.8 Å². The van der Waals surface area contributed by atoms with Crippen molar-refractivity contribution >= 4 is 11.6 Å². The summed E-state index contributed by atoms with van der Waals surface area (Å²) in [5.74, 6) is 0.636. The fourth-order valence-corrected chi connectivity index (χ4v) is 1.82. The molecule has 0 aliphatic heterocycles. The molecule has 0 atom stereocenters. The molecule has 0 saturated heterocycles. The topological polar surface area (TPSA) is 59.0 Å². The minimum atomic E-state index is -0.163. The second-order valence-corrected chi connectivity index (χ2v) is 4.77. The molecule has 0 unspecified atom stereocenters. The van der Waals surface area contributed by atoms with E-state index in [2.05, 4.69) is 6.07 Å². The van der Waals surface area contributed by atoms with Gasteiger partial charge in [-0.25, -0.2) is 0 Å². The molecule has 0 radical (unpaired) electrons. The minimum absolute atomic E-state index is 0.163. The third-order valence-corrected chi connectivity index (χ3v) is 3.04. The molecule has 2 rings (SSSR count). The highest BCUT2D eigenvalue weighted by Gasteiger charge is 2.39. The first-order valence-corrected chi connectivity index (χ1v) is 5.54. The van der Waals surface area contributed by atoms with E-state index < -0.39 is 0 Å². The lowest BCUT2D eigenvalue weighted by molar-refractivity contribution is 0.278. The van der Waals surface area contributed by atoms with Gasteiger partial charge in [-0.3, -0.25) is 0 Å². The Morgan fingerprint density at radius 2 is 2.25 bits per heavy atom. The van der Waals surface area contributed by atoms with Gasteiger partial charge in [-0.05, 0) is 37.5 Å². The van der Waals surface area contributed by atoms with Crippen LogP contribution in [0.15, 0.2) is 12.1 Å². The van der Waals surface area contributed by atoms with Crippen molar-refractivity contribution < 1.29 is 4.74 Å². The Hall–Kier alpha value is -1.24. The number of hydrogen-bond donors (Lipinski definition) is 1. The fourth-order valence-electron chi connectivity index (χ4n) is 1.50. The number of nitrogens with zero attached hydrogens (tertiary/aromatic N) is 1. The van der Waals surface area contributed by atoms with Gasteiger partial charge in [0.05, 0.1) is 22.2 Å². The standard InChI is InChI=1S/C12H13ClN2O/c1-8-4-9(6-14)5-10(13)11(8)16-7-12(15)2-3-12/h4-5H,2-3,7,15H2,1H3. The van der Waals surface area contributed by atoms with Crippen molar-refractivity contribution in [2.45, 2.75) is 25.3 Å². The highest BCUT2D eigenvalue weighted by molar-refractivity contribution is 6.32. The molecule has 0 aromatic heterocycles. The first-order valence-electron chi connectivity index (χ1n) is 5.16. The largest absolute Gasteiger partial charge is 0.490 e. The van der Waals surface area contributed by atoms with Gasteiger partial charge in [0, 0.05) is 0 Å². The smallest absolute Gasteiger partial charge is 0.140 e. The Morgan fingerprint density at radius 3 is 2.75 bits per heavy atom. The van der Waals surface area contributed by atoms with E-state index >= 15 is 0 Å². The van der Waals surface area contributed by atoms with Crippen LogP contribution >= 0.6 is 11.6 Å². The summed E-state index contributed by atoms with van der Waals surface area (Å²) in [6.07, 6.45) is 2.00. The van der Waals surface area contributed by atoms with Crippen LogP contribution in [0.2, 0.25) is 5.02 Å². The van der Waals surface area contributed by atoms with Gasteiger partial charge >= 0.3 is 0 Å². The maximum Gasteiger partial charge on any atom is 0.140 e. The Morgan fingerprint density at radius 1 is 1.56 bits per heavy atom. The number of ether oxygens (including phenoxy) is 1. The second-order valence-electron chi connectivity index (χ2n) is 4.37. The normalized spacial score (nSPS) is 16.6. The number of rotatable bonds is 3. The van der Waals surface area contributed by atoms with Crippen LogP contribution in [0, 0.1) is 18.3 Å². The van der Waals surface area contributed by atoms with Crippen molar-refractivity contribution in [1.82, 2.24) is 0 Å². The molecule has 84 valence electrons. The van der Waals surface area contributed by atoms with Gasteiger partial charge < -0.3 is 10.5 Å². The van der Waals surface area contributed by atoms with Crippen molar-refractivity contribution in [2.75, 3.05) is 6.61 Å². The van der Waals surface area contributed by atoms with Crippen LogP contribution in [0.1, 0.15) is 24.0 Å². The van der Waals surface area contributed by atoms with Crippen LogP contribution in [0.4, 0.5) is 0 Å². The Bertz CT molecular complexity index is 438. The van der Waals surface area contributed by atoms with Gasteiger partial charge in [0.2, 0.25) is 0 Å². The number of benzene rings is 1. The zero-order valence-corrected chi connectivity index (χ0v) is 9.84. The first-order chi connectivity index (χ1) is 7.54. The maximum atomic E-state index is 8.78. The molecule has 1 aliphatic rings. The van der Waals surface area contributed by atoms with Gasteiger partial charge in [-0.1, -0.05) is 11.6 Å². The summed E-state index contributed by atoms with van der Waals surface area (Å²) in [7, 11) is 0. The molecule has 1 aromatic carbocycles. The van der Waals surface area contributed by atoms with Crippen LogP contribution in [0.3, 0.4) is 0 Å². The van der Waals surface area contributed by atoms with E-state index in [0.29, 0.717) is 22.9 Å². The summed E-state index contributed by atoms with van der Waals surface area (Å²) >= 11 is 6.05. The van der Waals surface area contributed by atoms with Gasteiger partial charge in [0.1, 0.15) is 12.4 Å². The monoisotopic (exact) mass is 236 g/mol. The highest BCUT2D eigenvalue weighted by Crippen LogP contribution is 2.35. The zero-order valence-electron chi connectivity index (χ0n) is 9.09. The van der Waals surface area contributed by atoms with Gasteiger partial charge in [-0.2, -0.15) is 5.26 Å². The number of nitriles is 1.